The minimum absolute atomic E-state index is 0. The smallest absolute Gasteiger partial charge is 0.236 e. The summed E-state index contributed by atoms with van der Waals surface area (Å²) in [5, 5.41) is 2.74. The Balaban J connectivity index is 0. The summed E-state index contributed by atoms with van der Waals surface area (Å²) in [7, 11) is 0. The van der Waals surface area contributed by atoms with Crippen molar-refractivity contribution in [2.24, 2.45) is 11.5 Å². The van der Waals surface area contributed by atoms with Gasteiger partial charge in [-0.15, -0.1) is 12.4 Å². The quantitative estimate of drug-likeness (QED) is 0.572. The molecule has 0 aliphatic heterocycles. The number of nitrogens with two attached hydrogens (primary N) is 2. The van der Waals surface area contributed by atoms with Gasteiger partial charge in [0.05, 0.1) is 6.04 Å². The molecule has 0 aromatic carbocycles. The Bertz CT molecular complexity index is 130. The fourth-order valence-electron chi connectivity index (χ4n) is 0.696. The third-order valence-corrected chi connectivity index (χ3v) is 1.40. The van der Waals surface area contributed by atoms with Crippen molar-refractivity contribution in [1.82, 2.24) is 5.32 Å². The van der Waals surface area contributed by atoms with Gasteiger partial charge >= 0.3 is 0 Å². The number of amides is 1. The maximum absolute atomic E-state index is 11.0. The molecule has 5 N–H and O–H groups in total. The van der Waals surface area contributed by atoms with Crippen LogP contribution >= 0.6 is 12.4 Å². The van der Waals surface area contributed by atoms with Crippen molar-refractivity contribution in [1.29, 1.82) is 0 Å². The molecule has 0 aromatic heterocycles. The second-order valence-electron chi connectivity index (χ2n) is 2.78. The summed E-state index contributed by atoms with van der Waals surface area (Å²) in [5.41, 5.74) is 10.6. The Kier molecular flexibility index (Phi) is 8.69. The first-order valence-corrected chi connectivity index (χ1v) is 3.84. The number of carbonyl (C=O) groups excluding carboxylic acids is 1. The SMILES string of the molecule is CC(CCN)NC(=O)C(C)N.Cl. The van der Waals surface area contributed by atoms with Crippen LogP contribution in [0.1, 0.15) is 20.3 Å². The van der Waals surface area contributed by atoms with Gasteiger partial charge in [0.15, 0.2) is 0 Å². The molecule has 1 amide bonds. The number of halogens is 1. The molecule has 0 rings (SSSR count). The number of hydrogen-bond donors (Lipinski definition) is 3. The lowest BCUT2D eigenvalue weighted by Crippen LogP contribution is -2.43. The van der Waals surface area contributed by atoms with E-state index in [0.29, 0.717) is 6.54 Å². The molecule has 0 spiro atoms. The van der Waals surface area contributed by atoms with Crippen LogP contribution in [0, 0.1) is 0 Å². The fourth-order valence-corrected chi connectivity index (χ4v) is 0.696. The average molecular weight is 196 g/mol. The van der Waals surface area contributed by atoms with Gasteiger partial charge in [-0.3, -0.25) is 4.79 Å². The van der Waals surface area contributed by atoms with E-state index in [1.54, 1.807) is 6.92 Å². The maximum atomic E-state index is 11.0. The second kappa shape index (κ2) is 7.34. The van der Waals surface area contributed by atoms with Gasteiger partial charge in [-0.25, -0.2) is 0 Å². The third kappa shape index (κ3) is 6.39. The lowest BCUT2D eigenvalue weighted by atomic mass is 10.2. The van der Waals surface area contributed by atoms with Gasteiger partial charge in [-0.1, -0.05) is 0 Å². The summed E-state index contributed by atoms with van der Waals surface area (Å²) >= 11 is 0. The zero-order valence-corrected chi connectivity index (χ0v) is 8.36. The first-order chi connectivity index (χ1) is 5.07. The molecule has 74 valence electrons. The van der Waals surface area contributed by atoms with Gasteiger partial charge in [0.2, 0.25) is 5.91 Å². The van der Waals surface area contributed by atoms with Crippen molar-refractivity contribution in [3.63, 3.8) is 0 Å². The van der Waals surface area contributed by atoms with E-state index in [1.165, 1.54) is 0 Å². The molecule has 4 nitrogen and oxygen atoms in total. The van der Waals surface area contributed by atoms with Crippen LogP contribution in [0.2, 0.25) is 0 Å². The molecule has 0 aliphatic carbocycles. The summed E-state index contributed by atoms with van der Waals surface area (Å²) in [6.07, 6.45) is 0.790. The van der Waals surface area contributed by atoms with Crippen molar-refractivity contribution >= 4 is 18.3 Å². The highest BCUT2D eigenvalue weighted by atomic mass is 35.5. The molecule has 0 bridgehead atoms. The molecule has 2 atom stereocenters. The summed E-state index contributed by atoms with van der Waals surface area (Å²) in [5.74, 6) is -0.119. The first-order valence-electron chi connectivity index (χ1n) is 3.84. The topological polar surface area (TPSA) is 81.1 Å². The molecule has 0 saturated heterocycles. The maximum Gasteiger partial charge on any atom is 0.236 e. The molecule has 0 fully saturated rings. The molecule has 12 heavy (non-hydrogen) atoms. The predicted octanol–water partition coefficient (Wildman–Crippen LogP) is -0.391. The Morgan fingerprint density at radius 1 is 1.50 bits per heavy atom. The van der Waals surface area contributed by atoms with Gasteiger partial charge in [0.1, 0.15) is 0 Å². The van der Waals surface area contributed by atoms with Gasteiger partial charge in [-0.2, -0.15) is 0 Å². The van der Waals surface area contributed by atoms with Crippen LogP contribution in [0.5, 0.6) is 0 Å². The van der Waals surface area contributed by atoms with Crippen LogP contribution in [0.3, 0.4) is 0 Å². The Labute approximate surface area is 79.5 Å². The van der Waals surface area contributed by atoms with Gasteiger partial charge < -0.3 is 16.8 Å². The van der Waals surface area contributed by atoms with Crippen molar-refractivity contribution in [3.05, 3.63) is 0 Å². The van der Waals surface area contributed by atoms with E-state index in [9.17, 15) is 4.79 Å². The van der Waals surface area contributed by atoms with Crippen LogP contribution in [0.15, 0.2) is 0 Å². The van der Waals surface area contributed by atoms with Gasteiger partial charge in [0, 0.05) is 6.04 Å². The Morgan fingerprint density at radius 3 is 2.33 bits per heavy atom. The Hall–Kier alpha value is -0.320. The van der Waals surface area contributed by atoms with Crippen LogP contribution in [0.4, 0.5) is 0 Å². The molecule has 2 unspecified atom stereocenters. The number of carbonyl (C=O) groups is 1. The average Bonchev–Trinajstić information content (AvgIpc) is 1.87. The summed E-state index contributed by atoms with van der Waals surface area (Å²) in [6.45, 7) is 4.15. The number of hydrogen-bond acceptors (Lipinski definition) is 3. The van der Waals surface area contributed by atoms with Crippen LogP contribution < -0.4 is 16.8 Å². The number of nitrogens with one attached hydrogen (secondary N) is 1. The highest BCUT2D eigenvalue weighted by molar-refractivity contribution is 5.85. The van der Waals surface area contributed by atoms with Crippen molar-refractivity contribution in [2.45, 2.75) is 32.4 Å². The van der Waals surface area contributed by atoms with Crippen molar-refractivity contribution in [3.8, 4) is 0 Å². The molecule has 5 heteroatoms. The monoisotopic (exact) mass is 195 g/mol. The van der Waals surface area contributed by atoms with E-state index >= 15 is 0 Å². The van der Waals surface area contributed by atoms with Crippen molar-refractivity contribution in [2.75, 3.05) is 6.54 Å². The molecule has 0 radical (unpaired) electrons. The lowest BCUT2D eigenvalue weighted by molar-refractivity contribution is -0.122. The summed E-state index contributed by atoms with van der Waals surface area (Å²) < 4.78 is 0. The number of rotatable bonds is 4. The van der Waals surface area contributed by atoms with Crippen LogP contribution in [0.25, 0.3) is 0 Å². The van der Waals surface area contributed by atoms with Crippen LogP contribution in [-0.4, -0.2) is 24.5 Å². The van der Waals surface area contributed by atoms with E-state index < -0.39 is 6.04 Å². The minimum atomic E-state index is -0.435. The standard InChI is InChI=1S/C7H17N3O.ClH/c1-5(3-4-8)10-7(11)6(2)9;/h5-6H,3-4,8-9H2,1-2H3,(H,10,11);1H. The molecule has 0 saturated carbocycles. The van der Waals surface area contributed by atoms with Crippen LogP contribution in [-0.2, 0) is 4.79 Å². The highest BCUT2D eigenvalue weighted by Crippen LogP contribution is 1.87. The fraction of sp³-hybridized carbons (Fsp3) is 0.857. The van der Waals surface area contributed by atoms with Gasteiger partial charge in [-0.05, 0) is 26.8 Å². The zero-order valence-electron chi connectivity index (χ0n) is 7.54. The molecular formula is C7H18ClN3O. The second-order valence-corrected chi connectivity index (χ2v) is 2.78. The largest absolute Gasteiger partial charge is 0.352 e. The highest BCUT2D eigenvalue weighted by Gasteiger charge is 2.09. The van der Waals surface area contributed by atoms with E-state index in [-0.39, 0.29) is 24.4 Å². The van der Waals surface area contributed by atoms with E-state index in [2.05, 4.69) is 5.32 Å². The van der Waals surface area contributed by atoms with E-state index in [1.807, 2.05) is 6.92 Å². The molecule has 0 aliphatic rings. The lowest BCUT2D eigenvalue weighted by Gasteiger charge is -2.13. The first kappa shape index (κ1) is 14.2. The van der Waals surface area contributed by atoms with Gasteiger partial charge in [0.25, 0.3) is 0 Å². The molecule has 0 heterocycles. The predicted molar refractivity (Wildman–Crippen MR) is 52.2 cm³/mol. The van der Waals surface area contributed by atoms with Crippen molar-refractivity contribution < 1.29 is 4.79 Å². The third-order valence-electron chi connectivity index (χ3n) is 1.40. The molecular weight excluding hydrogens is 178 g/mol. The summed E-state index contributed by atoms with van der Waals surface area (Å²) in [6, 6.07) is -0.311. The normalized spacial score (nSPS) is 14.3. The minimum Gasteiger partial charge on any atom is -0.352 e. The summed E-state index contributed by atoms with van der Waals surface area (Å²) in [4.78, 5) is 11.0. The molecule has 0 aromatic rings. The van der Waals surface area contributed by atoms with E-state index in [0.717, 1.165) is 6.42 Å². The zero-order chi connectivity index (χ0) is 8.85. The van der Waals surface area contributed by atoms with E-state index in [4.69, 9.17) is 11.5 Å². The Morgan fingerprint density at radius 2 is 2.00 bits per heavy atom.